The quantitative estimate of drug-likeness (QED) is 0.885. The summed E-state index contributed by atoms with van der Waals surface area (Å²) in [5.41, 5.74) is 6.04. The molecule has 1 aromatic carbocycles. The van der Waals surface area contributed by atoms with Gasteiger partial charge < -0.3 is 5.73 Å². The summed E-state index contributed by atoms with van der Waals surface area (Å²) < 4.78 is 24.1. The molecule has 0 aromatic heterocycles. The lowest BCUT2D eigenvalue weighted by atomic mass is 10.1. The minimum Gasteiger partial charge on any atom is -0.324 e. The van der Waals surface area contributed by atoms with Crippen LogP contribution in [0.4, 0.5) is 8.78 Å². The van der Waals surface area contributed by atoms with E-state index in [9.17, 15) is 8.78 Å². The molecule has 0 bridgehead atoms. The van der Waals surface area contributed by atoms with Gasteiger partial charge in [-0.15, -0.1) is 12.4 Å². The second-order valence-electron chi connectivity index (χ2n) is 2.90. The standard InChI is InChI=1S/C9H9Cl2F2N.ClH/c10-5-1-2-6(7(11)3-5)8(14)4-9(12)13;/h1-3,8-9H,4,14H2;1H/t8-;/m1./s1. The van der Waals surface area contributed by atoms with Crippen LogP contribution in [-0.2, 0) is 0 Å². The summed E-state index contributed by atoms with van der Waals surface area (Å²) in [7, 11) is 0. The first kappa shape index (κ1) is 14.9. The third-order valence-electron chi connectivity index (χ3n) is 1.79. The zero-order valence-corrected chi connectivity index (χ0v) is 9.92. The summed E-state index contributed by atoms with van der Waals surface area (Å²) in [6.45, 7) is 0. The molecule has 1 aromatic rings. The Bertz CT molecular complexity index is 320. The number of hydrogen-bond acceptors (Lipinski definition) is 1. The molecule has 15 heavy (non-hydrogen) atoms. The molecule has 0 saturated heterocycles. The normalized spacial score (nSPS) is 12.4. The van der Waals surface area contributed by atoms with Crippen molar-refractivity contribution in [1.82, 2.24) is 0 Å². The fourth-order valence-electron chi connectivity index (χ4n) is 1.12. The van der Waals surface area contributed by atoms with E-state index in [4.69, 9.17) is 28.9 Å². The summed E-state index contributed by atoms with van der Waals surface area (Å²) in [5, 5.41) is 0.786. The van der Waals surface area contributed by atoms with Gasteiger partial charge in [-0.05, 0) is 17.7 Å². The monoisotopic (exact) mass is 275 g/mol. The molecule has 0 aliphatic carbocycles. The predicted octanol–water partition coefficient (Wildman–Crippen LogP) is 4.07. The van der Waals surface area contributed by atoms with Crippen LogP contribution in [0.5, 0.6) is 0 Å². The number of rotatable bonds is 3. The molecule has 0 spiro atoms. The van der Waals surface area contributed by atoms with E-state index < -0.39 is 18.9 Å². The zero-order valence-electron chi connectivity index (χ0n) is 7.59. The summed E-state index contributed by atoms with van der Waals surface area (Å²) in [5.74, 6) is 0. The fraction of sp³-hybridized carbons (Fsp3) is 0.333. The summed E-state index contributed by atoms with van der Waals surface area (Å²) >= 11 is 11.5. The van der Waals surface area contributed by atoms with Crippen molar-refractivity contribution in [3.8, 4) is 0 Å². The first-order chi connectivity index (χ1) is 6.50. The molecule has 1 nitrogen and oxygen atoms in total. The molecule has 6 heteroatoms. The van der Waals surface area contributed by atoms with Gasteiger partial charge in [-0.3, -0.25) is 0 Å². The van der Waals surface area contributed by atoms with Crippen LogP contribution >= 0.6 is 35.6 Å². The maximum absolute atomic E-state index is 12.0. The summed E-state index contributed by atoms with van der Waals surface area (Å²) in [4.78, 5) is 0. The molecule has 0 fully saturated rings. The van der Waals surface area contributed by atoms with Gasteiger partial charge in [-0.25, -0.2) is 8.78 Å². The Morgan fingerprint density at radius 3 is 2.33 bits per heavy atom. The molecule has 0 unspecified atom stereocenters. The van der Waals surface area contributed by atoms with Crippen LogP contribution in [0, 0.1) is 0 Å². The highest BCUT2D eigenvalue weighted by Crippen LogP contribution is 2.27. The first-order valence-electron chi connectivity index (χ1n) is 3.99. The van der Waals surface area contributed by atoms with Crippen molar-refractivity contribution in [3.63, 3.8) is 0 Å². The molecule has 2 N–H and O–H groups in total. The Labute approximate surface area is 103 Å². The summed E-state index contributed by atoms with van der Waals surface area (Å²) in [6.07, 6.45) is -2.84. The zero-order chi connectivity index (χ0) is 10.7. The van der Waals surface area contributed by atoms with Crippen LogP contribution in [0.15, 0.2) is 18.2 Å². The molecular formula is C9H10Cl3F2N. The molecule has 0 aliphatic heterocycles. The van der Waals surface area contributed by atoms with Gasteiger partial charge in [-0.2, -0.15) is 0 Å². The lowest BCUT2D eigenvalue weighted by Gasteiger charge is -2.13. The molecule has 0 radical (unpaired) electrons. The van der Waals surface area contributed by atoms with E-state index in [0.29, 0.717) is 15.6 Å². The highest BCUT2D eigenvalue weighted by atomic mass is 35.5. The van der Waals surface area contributed by atoms with Gasteiger partial charge in [0, 0.05) is 22.5 Å². The van der Waals surface area contributed by atoms with E-state index in [2.05, 4.69) is 0 Å². The fourth-order valence-corrected chi connectivity index (χ4v) is 1.67. The van der Waals surface area contributed by atoms with Crippen molar-refractivity contribution in [3.05, 3.63) is 33.8 Å². The Morgan fingerprint density at radius 1 is 1.27 bits per heavy atom. The third kappa shape index (κ3) is 4.51. The molecule has 86 valence electrons. The highest BCUT2D eigenvalue weighted by Gasteiger charge is 2.15. The van der Waals surface area contributed by atoms with Gasteiger partial charge in [0.15, 0.2) is 0 Å². The molecule has 0 amide bonds. The maximum Gasteiger partial charge on any atom is 0.240 e. The van der Waals surface area contributed by atoms with Crippen LogP contribution in [0.2, 0.25) is 10.0 Å². The molecule has 0 aliphatic rings. The Morgan fingerprint density at radius 2 is 1.87 bits per heavy atom. The average Bonchev–Trinajstić information content (AvgIpc) is 2.01. The highest BCUT2D eigenvalue weighted by molar-refractivity contribution is 6.35. The number of nitrogens with two attached hydrogens (primary N) is 1. The van der Waals surface area contributed by atoms with E-state index in [1.54, 1.807) is 12.1 Å². The van der Waals surface area contributed by atoms with Gasteiger partial charge in [0.05, 0.1) is 0 Å². The van der Waals surface area contributed by atoms with E-state index in [1.165, 1.54) is 6.07 Å². The van der Waals surface area contributed by atoms with E-state index >= 15 is 0 Å². The van der Waals surface area contributed by atoms with E-state index in [1.807, 2.05) is 0 Å². The van der Waals surface area contributed by atoms with Gasteiger partial charge in [0.25, 0.3) is 0 Å². The van der Waals surface area contributed by atoms with Crippen LogP contribution in [0.25, 0.3) is 0 Å². The summed E-state index contributed by atoms with van der Waals surface area (Å²) in [6, 6.07) is 3.88. The minimum atomic E-state index is -2.43. The number of hydrogen-bond donors (Lipinski definition) is 1. The van der Waals surface area contributed by atoms with Crippen molar-refractivity contribution in [2.75, 3.05) is 0 Å². The topological polar surface area (TPSA) is 26.0 Å². The predicted molar refractivity (Wildman–Crippen MR) is 61.3 cm³/mol. The lowest BCUT2D eigenvalue weighted by Crippen LogP contribution is -2.14. The van der Waals surface area contributed by atoms with Gasteiger partial charge >= 0.3 is 0 Å². The first-order valence-corrected chi connectivity index (χ1v) is 4.75. The molecule has 0 saturated carbocycles. The smallest absolute Gasteiger partial charge is 0.240 e. The second-order valence-corrected chi connectivity index (χ2v) is 3.74. The number of benzene rings is 1. The second kappa shape index (κ2) is 6.48. The molecule has 1 rings (SSSR count). The molecule has 0 heterocycles. The Hall–Kier alpha value is -0.0900. The van der Waals surface area contributed by atoms with Crippen LogP contribution < -0.4 is 5.73 Å². The molecule has 1 atom stereocenters. The van der Waals surface area contributed by atoms with Crippen molar-refractivity contribution in [2.24, 2.45) is 5.73 Å². The van der Waals surface area contributed by atoms with E-state index in [-0.39, 0.29) is 12.4 Å². The van der Waals surface area contributed by atoms with Crippen LogP contribution in [-0.4, -0.2) is 6.43 Å². The number of halogens is 5. The minimum absolute atomic E-state index is 0. The van der Waals surface area contributed by atoms with Crippen molar-refractivity contribution in [1.29, 1.82) is 0 Å². The van der Waals surface area contributed by atoms with Crippen LogP contribution in [0.1, 0.15) is 18.0 Å². The van der Waals surface area contributed by atoms with Crippen molar-refractivity contribution >= 4 is 35.6 Å². The largest absolute Gasteiger partial charge is 0.324 e. The maximum atomic E-state index is 12.0. The van der Waals surface area contributed by atoms with Gasteiger partial charge in [0.1, 0.15) is 0 Å². The SMILES string of the molecule is Cl.N[C@H](CC(F)F)c1ccc(Cl)cc1Cl. The average molecular weight is 277 g/mol. The molecular weight excluding hydrogens is 266 g/mol. The Balaban J connectivity index is 0.00000196. The Kier molecular flexibility index (Phi) is 6.44. The van der Waals surface area contributed by atoms with Crippen molar-refractivity contribution < 1.29 is 8.78 Å². The van der Waals surface area contributed by atoms with E-state index in [0.717, 1.165) is 0 Å². The lowest BCUT2D eigenvalue weighted by molar-refractivity contribution is 0.128. The number of alkyl halides is 2. The van der Waals surface area contributed by atoms with Gasteiger partial charge in [-0.1, -0.05) is 29.3 Å². The van der Waals surface area contributed by atoms with Crippen LogP contribution in [0.3, 0.4) is 0 Å². The van der Waals surface area contributed by atoms with Gasteiger partial charge in [0.2, 0.25) is 6.43 Å². The third-order valence-corrected chi connectivity index (χ3v) is 2.36. The van der Waals surface area contributed by atoms with Crippen molar-refractivity contribution in [2.45, 2.75) is 18.9 Å².